The third-order valence-electron chi connectivity index (χ3n) is 8.96. The number of amides is 3. The monoisotopic (exact) mass is 479 g/mol. The van der Waals surface area contributed by atoms with Crippen LogP contribution in [0.2, 0.25) is 0 Å². The van der Waals surface area contributed by atoms with Crippen molar-refractivity contribution in [2.75, 3.05) is 23.3 Å². The number of ether oxygens (including phenoxy) is 1. The lowest BCUT2D eigenvalue weighted by molar-refractivity contribution is -0.168. The maximum Gasteiger partial charge on any atom is 0.329 e. The fourth-order valence-electron chi connectivity index (χ4n) is 7.88. The van der Waals surface area contributed by atoms with E-state index in [9.17, 15) is 19.2 Å². The number of carbonyl (C=O) groups excluding carboxylic acids is 4. The van der Waals surface area contributed by atoms with E-state index in [1.807, 2.05) is 0 Å². The third-order valence-corrected chi connectivity index (χ3v) is 8.96. The van der Waals surface area contributed by atoms with Gasteiger partial charge in [-0.05, 0) is 88.2 Å². The smallest absolute Gasteiger partial charge is 0.329 e. The maximum absolute atomic E-state index is 13.9. The molecule has 35 heavy (non-hydrogen) atoms. The Kier molecular flexibility index (Phi) is 5.38. The van der Waals surface area contributed by atoms with Crippen LogP contribution in [0.4, 0.5) is 11.4 Å². The van der Waals surface area contributed by atoms with Crippen LogP contribution < -0.4 is 10.2 Å². The van der Waals surface area contributed by atoms with Crippen LogP contribution in [-0.2, 0) is 23.9 Å². The molecule has 1 saturated heterocycles. The first-order valence-electron chi connectivity index (χ1n) is 13.0. The summed E-state index contributed by atoms with van der Waals surface area (Å²) in [6.07, 6.45) is 6.93. The Labute approximate surface area is 205 Å². The van der Waals surface area contributed by atoms with Gasteiger partial charge in [-0.15, -0.1) is 0 Å². The van der Waals surface area contributed by atoms with Crippen LogP contribution in [0.1, 0.15) is 58.3 Å². The maximum atomic E-state index is 13.9. The first kappa shape index (κ1) is 22.6. The fraction of sp³-hybridized carbons (Fsp3) is 0.630. The third kappa shape index (κ3) is 3.81. The predicted octanol–water partition coefficient (Wildman–Crippen LogP) is 3.11. The van der Waals surface area contributed by atoms with Crippen LogP contribution in [0.3, 0.4) is 0 Å². The van der Waals surface area contributed by atoms with Crippen LogP contribution in [-0.4, -0.2) is 53.8 Å². The number of rotatable bonds is 4. The molecule has 4 aliphatic carbocycles. The number of fused-ring (bicyclic) bond motifs is 1. The van der Waals surface area contributed by atoms with Gasteiger partial charge < -0.3 is 15.0 Å². The molecular formula is C27H33N3O5. The first-order chi connectivity index (χ1) is 16.8. The van der Waals surface area contributed by atoms with Gasteiger partial charge in [0.15, 0.2) is 6.10 Å². The van der Waals surface area contributed by atoms with Gasteiger partial charge >= 0.3 is 5.97 Å². The van der Waals surface area contributed by atoms with E-state index in [2.05, 4.69) is 5.32 Å². The zero-order valence-corrected chi connectivity index (χ0v) is 20.2. The zero-order valence-electron chi connectivity index (χ0n) is 20.2. The molecule has 186 valence electrons. The lowest BCUT2D eigenvalue weighted by atomic mass is 9.49. The van der Waals surface area contributed by atoms with Crippen molar-refractivity contribution in [3.63, 3.8) is 0 Å². The molecule has 2 aliphatic heterocycles. The molecule has 3 amide bonds. The summed E-state index contributed by atoms with van der Waals surface area (Å²) >= 11 is 0. The molecule has 1 aromatic carbocycles. The number of esters is 1. The van der Waals surface area contributed by atoms with Crippen molar-refractivity contribution in [3.8, 4) is 0 Å². The van der Waals surface area contributed by atoms with Crippen molar-refractivity contribution in [1.82, 2.24) is 4.90 Å². The predicted molar refractivity (Wildman–Crippen MR) is 128 cm³/mol. The van der Waals surface area contributed by atoms with E-state index in [0.29, 0.717) is 42.1 Å². The lowest BCUT2D eigenvalue weighted by Crippen LogP contribution is -2.56. The normalized spacial score (nSPS) is 33.8. The fourth-order valence-corrected chi connectivity index (χ4v) is 7.88. The van der Waals surface area contributed by atoms with E-state index < -0.39 is 24.0 Å². The molecule has 2 atom stereocenters. The topological polar surface area (TPSA) is 96.0 Å². The molecule has 6 aliphatic rings. The van der Waals surface area contributed by atoms with Gasteiger partial charge in [-0.25, -0.2) is 4.79 Å². The lowest BCUT2D eigenvalue weighted by Gasteiger charge is -2.56. The Hall–Kier alpha value is -2.90. The number of anilines is 2. The molecule has 2 heterocycles. The van der Waals surface area contributed by atoms with Crippen molar-refractivity contribution in [2.45, 2.75) is 70.4 Å². The van der Waals surface area contributed by atoms with E-state index in [1.165, 1.54) is 31.1 Å². The van der Waals surface area contributed by atoms with Gasteiger partial charge in [-0.2, -0.15) is 0 Å². The summed E-state index contributed by atoms with van der Waals surface area (Å²) < 4.78 is 5.64. The Morgan fingerprint density at radius 2 is 1.71 bits per heavy atom. The summed E-state index contributed by atoms with van der Waals surface area (Å²) in [6, 6.07) is 6.42. The quantitative estimate of drug-likeness (QED) is 0.670. The summed E-state index contributed by atoms with van der Waals surface area (Å²) in [4.78, 5) is 55.5. The average Bonchev–Trinajstić information content (AvgIpc) is 3.31. The highest BCUT2D eigenvalue weighted by molar-refractivity contribution is 6.11. The van der Waals surface area contributed by atoms with Gasteiger partial charge in [0.2, 0.25) is 11.8 Å². The molecule has 0 unspecified atom stereocenters. The van der Waals surface area contributed by atoms with Gasteiger partial charge in [-0.1, -0.05) is 12.1 Å². The van der Waals surface area contributed by atoms with Crippen molar-refractivity contribution in [2.24, 2.45) is 23.2 Å². The number of likely N-dealkylation sites (tertiary alicyclic amines) is 1. The van der Waals surface area contributed by atoms with Gasteiger partial charge in [0.1, 0.15) is 12.6 Å². The van der Waals surface area contributed by atoms with Crippen molar-refractivity contribution >= 4 is 35.1 Å². The van der Waals surface area contributed by atoms with Gasteiger partial charge in [0, 0.05) is 6.54 Å². The number of hydrogen-bond acceptors (Lipinski definition) is 5. The molecule has 5 fully saturated rings. The molecule has 1 aromatic rings. The molecule has 8 heteroatoms. The van der Waals surface area contributed by atoms with Gasteiger partial charge in [0.25, 0.3) is 5.91 Å². The molecule has 0 radical (unpaired) electrons. The van der Waals surface area contributed by atoms with Crippen molar-refractivity contribution < 1.29 is 23.9 Å². The molecule has 1 N–H and O–H groups in total. The second-order valence-corrected chi connectivity index (χ2v) is 11.4. The summed E-state index contributed by atoms with van der Waals surface area (Å²) in [5, 5.41) is 2.76. The van der Waals surface area contributed by atoms with Crippen LogP contribution >= 0.6 is 0 Å². The highest BCUT2D eigenvalue weighted by Crippen LogP contribution is 2.60. The van der Waals surface area contributed by atoms with E-state index in [1.54, 1.807) is 29.2 Å². The number of carbonyl (C=O) groups is 4. The molecule has 0 spiro atoms. The minimum Gasteiger partial charge on any atom is -0.451 e. The summed E-state index contributed by atoms with van der Waals surface area (Å²) in [5.41, 5.74) is 0.836. The SMILES string of the molecule is C[C@@H](OC(=O)[C@@H]1CCCN1C(=O)C12CC3CC(CC(C3)C1)C2)C(=O)N1CC(=O)Nc2ccccc21. The number of nitrogens with zero attached hydrogens (tertiary/aromatic N) is 2. The minimum atomic E-state index is -1.06. The van der Waals surface area contributed by atoms with Crippen LogP contribution in [0.5, 0.6) is 0 Å². The van der Waals surface area contributed by atoms with Gasteiger partial charge in [0.05, 0.1) is 16.8 Å². The largest absolute Gasteiger partial charge is 0.451 e. The summed E-state index contributed by atoms with van der Waals surface area (Å²) in [6.45, 7) is 1.98. The minimum absolute atomic E-state index is 0.127. The number of benzene rings is 1. The second-order valence-electron chi connectivity index (χ2n) is 11.4. The standard InChI is InChI=1S/C27H33N3O5/c1-16(24(32)30-15-23(31)28-20-5-2-3-6-21(20)30)35-25(33)22-7-4-8-29(22)26(34)27-12-17-9-18(13-27)11-19(10-17)14-27/h2-3,5-6,16-19,22H,4,7-15H2,1H3,(H,28,31)/t16-,17?,18?,19?,22+,27?/m1/s1. The highest BCUT2D eigenvalue weighted by atomic mass is 16.5. The Balaban J connectivity index is 1.15. The van der Waals surface area contributed by atoms with Crippen LogP contribution in [0.15, 0.2) is 24.3 Å². The Bertz CT molecular complexity index is 1050. The van der Waals surface area contributed by atoms with E-state index in [0.717, 1.165) is 25.7 Å². The van der Waals surface area contributed by atoms with Crippen molar-refractivity contribution in [1.29, 1.82) is 0 Å². The van der Waals surface area contributed by atoms with Crippen LogP contribution in [0, 0.1) is 23.2 Å². The summed E-state index contributed by atoms with van der Waals surface area (Å²) in [7, 11) is 0. The molecule has 4 bridgehead atoms. The van der Waals surface area contributed by atoms with E-state index in [-0.39, 0.29) is 23.8 Å². The Morgan fingerprint density at radius 1 is 1.06 bits per heavy atom. The molecule has 8 nitrogen and oxygen atoms in total. The number of nitrogens with one attached hydrogen (secondary N) is 1. The van der Waals surface area contributed by atoms with Crippen LogP contribution in [0.25, 0.3) is 0 Å². The zero-order chi connectivity index (χ0) is 24.3. The van der Waals surface area contributed by atoms with E-state index >= 15 is 0 Å². The average molecular weight is 480 g/mol. The van der Waals surface area contributed by atoms with Crippen molar-refractivity contribution in [3.05, 3.63) is 24.3 Å². The Morgan fingerprint density at radius 3 is 2.40 bits per heavy atom. The first-order valence-corrected chi connectivity index (χ1v) is 13.0. The summed E-state index contributed by atoms with van der Waals surface area (Å²) in [5.74, 6) is 0.838. The van der Waals surface area contributed by atoms with E-state index in [4.69, 9.17) is 4.74 Å². The number of hydrogen-bond donors (Lipinski definition) is 1. The molecule has 4 saturated carbocycles. The highest BCUT2D eigenvalue weighted by Gasteiger charge is 2.57. The van der Waals surface area contributed by atoms with Gasteiger partial charge in [-0.3, -0.25) is 19.3 Å². The molecule has 7 rings (SSSR count). The second kappa shape index (κ2) is 8.35. The molecule has 0 aromatic heterocycles. The molecular weight excluding hydrogens is 446 g/mol. The number of para-hydroxylation sites is 2.